The number of amides is 2. The molecule has 0 aromatic heterocycles. The molecule has 2 heterocycles. The number of imide groups is 1. The third-order valence-electron chi connectivity index (χ3n) is 8.13. The first-order valence-corrected chi connectivity index (χ1v) is 14.5. The van der Waals surface area contributed by atoms with Gasteiger partial charge in [-0.15, -0.1) is 0 Å². The third kappa shape index (κ3) is 5.76. The molecule has 1 aliphatic carbocycles. The number of aromatic hydroxyl groups is 1. The van der Waals surface area contributed by atoms with Crippen molar-refractivity contribution < 1.29 is 24.4 Å². The molecule has 0 saturated carbocycles. The van der Waals surface area contributed by atoms with Gasteiger partial charge in [0.2, 0.25) is 11.8 Å². The largest absolute Gasteiger partial charge is 0.507 e. The number of rotatable bonds is 9. The maximum absolute atomic E-state index is 13.4. The lowest BCUT2D eigenvalue weighted by molar-refractivity contribution is -0.140. The van der Waals surface area contributed by atoms with E-state index in [1.807, 2.05) is 19.1 Å². The van der Waals surface area contributed by atoms with Gasteiger partial charge >= 0.3 is 7.12 Å². The predicted molar refractivity (Wildman–Crippen MR) is 150 cm³/mol. The van der Waals surface area contributed by atoms with E-state index in [-0.39, 0.29) is 41.4 Å². The van der Waals surface area contributed by atoms with Gasteiger partial charge in [-0.3, -0.25) is 14.5 Å². The van der Waals surface area contributed by atoms with Crippen molar-refractivity contribution in [3.05, 3.63) is 45.0 Å². The number of allylic oxidation sites excluding steroid dienone is 2. The van der Waals surface area contributed by atoms with Crippen molar-refractivity contribution in [2.24, 2.45) is 23.7 Å². The summed E-state index contributed by atoms with van der Waals surface area (Å²) in [5.74, 6) is -0.554. The van der Waals surface area contributed by atoms with E-state index in [2.05, 4.69) is 42.8 Å². The smallest absolute Gasteiger partial charge is 0.455 e. The number of phenolic OH excluding ortho intramolecular Hbond substituents is 1. The third-order valence-corrected chi connectivity index (χ3v) is 8.62. The number of nitrogens with zero attached hydrogens (tertiary/aromatic N) is 1. The summed E-state index contributed by atoms with van der Waals surface area (Å²) in [7, 11) is -0.957. The molecule has 2 aliphatic heterocycles. The lowest BCUT2D eigenvalue weighted by atomic mass is 9.57. The van der Waals surface area contributed by atoms with Crippen LogP contribution in [0.25, 0.3) is 6.08 Å². The number of carbonyl (C=O) groups is 2. The molecule has 37 heavy (non-hydrogen) atoms. The predicted octanol–water partition coefficient (Wildman–Crippen LogP) is 5.98. The summed E-state index contributed by atoms with van der Waals surface area (Å²) in [4.78, 5) is 28.1. The Labute approximate surface area is 229 Å². The Bertz CT molecular complexity index is 1100. The van der Waals surface area contributed by atoms with E-state index in [1.165, 1.54) is 16.0 Å². The maximum atomic E-state index is 13.4. The Morgan fingerprint density at radius 1 is 1.19 bits per heavy atom. The summed E-state index contributed by atoms with van der Waals surface area (Å²) in [5, 5.41) is 21.1. The minimum Gasteiger partial charge on any atom is -0.507 e. The number of likely N-dealkylation sites (tertiary alicyclic amines) is 1. The minimum absolute atomic E-state index is 0.0476. The molecule has 1 aromatic rings. The molecule has 2 fully saturated rings. The average Bonchev–Trinajstić information content (AvgIpc) is 3.09. The molecule has 6 nitrogen and oxygen atoms in total. The van der Waals surface area contributed by atoms with Gasteiger partial charge in [-0.2, -0.15) is 0 Å². The van der Waals surface area contributed by atoms with E-state index in [9.17, 15) is 19.7 Å². The Hall–Kier alpha value is -1.90. The summed E-state index contributed by atoms with van der Waals surface area (Å²) >= 11 is 3.49. The van der Waals surface area contributed by atoms with Gasteiger partial charge in [0.1, 0.15) is 5.75 Å². The molecular weight excluding hydrogens is 533 g/mol. The van der Waals surface area contributed by atoms with Crippen molar-refractivity contribution in [1.29, 1.82) is 0 Å². The van der Waals surface area contributed by atoms with Crippen molar-refractivity contribution >= 4 is 40.9 Å². The highest BCUT2D eigenvalue weighted by Crippen LogP contribution is 2.52. The minimum atomic E-state index is -0.957. The molecule has 0 radical (unpaired) electrons. The Balaban J connectivity index is 1.64. The second kappa shape index (κ2) is 11.9. The fourth-order valence-corrected chi connectivity index (χ4v) is 6.91. The molecule has 4 atom stereocenters. The van der Waals surface area contributed by atoms with Crippen molar-refractivity contribution in [2.45, 2.75) is 78.6 Å². The molecule has 3 aliphatic rings. The first kappa shape index (κ1) is 28.1. The molecule has 0 unspecified atom stereocenters. The number of carbonyl (C=O) groups excluding carboxylic acids is 2. The van der Waals surface area contributed by atoms with E-state index < -0.39 is 13.0 Å². The van der Waals surface area contributed by atoms with E-state index in [1.54, 1.807) is 6.07 Å². The van der Waals surface area contributed by atoms with Crippen molar-refractivity contribution in [2.75, 3.05) is 6.54 Å². The summed E-state index contributed by atoms with van der Waals surface area (Å²) in [5.41, 5.74) is 4.34. The molecule has 2 saturated heterocycles. The van der Waals surface area contributed by atoms with Gasteiger partial charge < -0.3 is 14.8 Å². The van der Waals surface area contributed by atoms with E-state index in [0.717, 1.165) is 41.3 Å². The lowest BCUT2D eigenvalue weighted by Gasteiger charge is -2.44. The Morgan fingerprint density at radius 2 is 1.95 bits per heavy atom. The van der Waals surface area contributed by atoms with Crippen LogP contribution in [-0.2, 0) is 14.2 Å². The Morgan fingerprint density at radius 3 is 2.62 bits per heavy atom. The van der Waals surface area contributed by atoms with Crippen LogP contribution in [0.5, 0.6) is 5.75 Å². The van der Waals surface area contributed by atoms with Crippen LogP contribution in [-0.4, -0.2) is 46.6 Å². The molecule has 200 valence electrons. The van der Waals surface area contributed by atoms with E-state index in [0.29, 0.717) is 25.7 Å². The summed E-state index contributed by atoms with van der Waals surface area (Å²) < 4.78 is 7.05. The number of fused-ring (bicyclic) bond motifs is 3. The summed E-state index contributed by atoms with van der Waals surface area (Å²) in [6, 6.07) is 5.41. The average molecular weight is 572 g/mol. The fourth-order valence-electron chi connectivity index (χ4n) is 6.53. The van der Waals surface area contributed by atoms with Gasteiger partial charge in [0.25, 0.3) is 0 Å². The molecular formula is C29H39BBrNO5. The normalized spacial score (nSPS) is 26.3. The van der Waals surface area contributed by atoms with Crippen LogP contribution in [0.2, 0.25) is 6.32 Å². The van der Waals surface area contributed by atoms with Gasteiger partial charge in [-0.25, -0.2) is 0 Å². The first-order valence-electron chi connectivity index (χ1n) is 13.8. The van der Waals surface area contributed by atoms with Crippen molar-refractivity contribution in [3.8, 4) is 5.75 Å². The first-order chi connectivity index (χ1) is 17.7. The van der Waals surface area contributed by atoms with Crippen LogP contribution < -0.4 is 0 Å². The van der Waals surface area contributed by atoms with Gasteiger partial charge in [-0.05, 0) is 74.0 Å². The summed E-state index contributed by atoms with van der Waals surface area (Å²) in [6.07, 6.45) is 6.75. The van der Waals surface area contributed by atoms with Crippen LogP contribution in [0.4, 0.5) is 0 Å². The molecule has 1 aromatic carbocycles. The highest BCUT2D eigenvalue weighted by Gasteiger charge is 2.57. The molecule has 0 bridgehead atoms. The number of benzene rings is 1. The van der Waals surface area contributed by atoms with Crippen molar-refractivity contribution in [1.82, 2.24) is 4.90 Å². The second-order valence-corrected chi connectivity index (χ2v) is 11.9. The van der Waals surface area contributed by atoms with Crippen molar-refractivity contribution in [3.63, 3.8) is 0 Å². The van der Waals surface area contributed by atoms with Crippen LogP contribution in [0.1, 0.15) is 71.8 Å². The molecule has 2 N–H and O–H groups in total. The SMILES string of the molecule is CCC/C(=C\c1cc(Br)ccc1O)CC[C@H]1OB(O)C[C@H]2C1=C(C(C)C)C[C@H]1C(=O)N(CCC)C(=O)[C@H]12. The number of halogens is 1. The number of phenols is 1. The second-order valence-electron chi connectivity index (χ2n) is 11.0. The zero-order chi connectivity index (χ0) is 26.9. The summed E-state index contributed by atoms with van der Waals surface area (Å²) in [6.45, 7) is 8.86. The highest BCUT2D eigenvalue weighted by atomic mass is 79.9. The quantitative estimate of drug-likeness (QED) is 0.216. The number of hydrogen-bond acceptors (Lipinski definition) is 5. The van der Waals surface area contributed by atoms with E-state index >= 15 is 0 Å². The number of hydrogen-bond donors (Lipinski definition) is 2. The lowest BCUT2D eigenvalue weighted by Crippen LogP contribution is -2.46. The van der Waals surface area contributed by atoms with Gasteiger partial charge in [0.05, 0.1) is 17.9 Å². The maximum Gasteiger partial charge on any atom is 0.455 e. The highest BCUT2D eigenvalue weighted by molar-refractivity contribution is 9.10. The van der Waals surface area contributed by atoms with Crippen LogP contribution in [0, 0.1) is 23.7 Å². The fraction of sp³-hybridized carbons (Fsp3) is 0.586. The van der Waals surface area contributed by atoms with E-state index in [4.69, 9.17) is 4.65 Å². The monoisotopic (exact) mass is 571 g/mol. The topological polar surface area (TPSA) is 87.1 Å². The van der Waals surface area contributed by atoms with Crippen LogP contribution in [0.3, 0.4) is 0 Å². The van der Waals surface area contributed by atoms with Gasteiger partial charge in [-0.1, -0.05) is 67.3 Å². The zero-order valence-corrected chi connectivity index (χ0v) is 24.0. The Kier molecular flexibility index (Phi) is 9.02. The van der Waals surface area contributed by atoms with Crippen LogP contribution >= 0.6 is 15.9 Å². The molecule has 8 heteroatoms. The van der Waals surface area contributed by atoms with Gasteiger partial charge in [0.15, 0.2) is 0 Å². The zero-order valence-electron chi connectivity index (χ0n) is 22.4. The standard InChI is InChI=1S/C29H39BBrNO5/c1-5-7-18(13-19-14-20(31)9-10-24(19)33)8-11-25-26-21(17(3)4)15-22-27(23(26)16-30(36)37-25)29(35)32(12-6-2)28(22)34/h9-10,13-14,17,22-23,25,27,33,36H,5-8,11-12,15-16H2,1-4H3/b18-13+/t22-,23+,25-,27-/m1/s1. The van der Waals surface area contributed by atoms with Gasteiger partial charge in [0, 0.05) is 16.6 Å². The molecule has 4 rings (SSSR count). The molecule has 2 amide bonds. The molecule has 0 spiro atoms. The van der Waals surface area contributed by atoms with Crippen LogP contribution in [0.15, 0.2) is 39.4 Å².